The molecule has 0 aliphatic carbocycles. The van der Waals surface area contributed by atoms with Crippen molar-refractivity contribution >= 4 is 17.0 Å². The summed E-state index contributed by atoms with van der Waals surface area (Å²) in [7, 11) is 0. The number of pyridine rings is 1. The smallest absolute Gasteiger partial charge is 0.357 e. The van der Waals surface area contributed by atoms with E-state index < -0.39 is 17.3 Å². The second kappa shape index (κ2) is 5.31. The van der Waals surface area contributed by atoms with Crippen LogP contribution in [0.4, 0.5) is 0 Å². The van der Waals surface area contributed by atoms with Crippen molar-refractivity contribution in [3.05, 3.63) is 57.5 Å². The zero-order valence-corrected chi connectivity index (χ0v) is 11.6. The maximum atomic E-state index is 11.5. The Morgan fingerprint density at radius 2 is 2.04 bits per heavy atom. The number of aromatic carboxylic acids is 1. The molecule has 0 saturated heterocycles. The number of H-pyrrole nitrogens is 1. The molecule has 0 aliphatic heterocycles. The SMILES string of the molecule is N#Cc1ccc(Cn2nc(C(=O)O)c3c(O)cc(=O)[nH]c32)cc1. The van der Waals surface area contributed by atoms with Crippen LogP contribution in [0.25, 0.3) is 11.0 Å². The maximum Gasteiger partial charge on any atom is 0.357 e. The number of carboxylic acid groups (broad SMARTS) is 1. The molecule has 114 valence electrons. The molecule has 23 heavy (non-hydrogen) atoms. The van der Waals surface area contributed by atoms with E-state index in [2.05, 4.69) is 10.1 Å². The van der Waals surface area contributed by atoms with E-state index >= 15 is 0 Å². The van der Waals surface area contributed by atoms with E-state index in [9.17, 15) is 19.8 Å². The Morgan fingerprint density at radius 3 is 2.65 bits per heavy atom. The first-order valence-electron chi connectivity index (χ1n) is 6.54. The third kappa shape index (κ3) is 2.51. The van der Waals surface area contributed by atoms with Crippen molar-refractivity contribution < 1.29 is 15.0 Å². The average Bonchev–Trinajstić information content (AvgIpc) is 2.87. The summed E-state index contributed by atoms with van der Waals surface area (Å²) in [5.41, 5.74) is 0.470. The van der Waals surface area contributed by atoms with Gasteiger partial charge in [-0.15, -0.1) is 0 Å². The number of nitrogens with one attached hydrogen (secondary N) is 1. The first-order chi connectivity index (χ1) is 11.0. The van der Waals surface area contributed by atoms with Gasteiger partial charge in [0.25, 0.3) is 5.56 Å². The number of fused-ring (bicyclic) bond motifs is 1. The van der Waals surface area contributed by atoms with Crippen LogP contribution in [0.2, 0.25) is 0 Å². The van der Waals surface area contributed by atoms with Crippen LogP contribution in [0.15, 0.2) is 35.1 Å². The highest BCUT2D eigenvalue weighted by molar-refractivity contribution is 6.02. The minimum Gasteiger partial charge on any atom is -0.507 e. The lowest BCUT2D eigenvalue weighted by atomic mass is 10.1. The summed E-state index contributed by atoms with van der Waals surface area (Å²) in [6.45, 7) is 0.175. The van der Waals surface area contributed by atoms with Gasteiger partial charge in [-0.3, -0.25) is 4.79 Å². The van der Waals surface area contributed by atoms with Gasteiger partial charge in [0.2, 0.25) is 0 Å². The number of nitrogens with zero attached hydrogens (tertiary/aromatic N) is 3. The quantitative estimate of drug-likeness (QED) is 0.662. The van der Waals surface area contributed by atoms with Gasteiger partial charge < -0.3 is 15.2 Å². The highest BCUT2D eigenvalue weighted by Crippen LogP contribution is 2.25. The van der Waals surface area contributed by atoms with Gasteiger partial charge in [-0.1, -0.05) is 12.1 Å². The summed E-state index contributed by atoms with van der Waals surface area (Å²) in [6.07, 6.45) is 0. The van der Waals surface area contributed by atoms with Gasteiger partial charge in [0, 0.05) is 6.07 Å². The van der Waals surface area contributed by atoms with Crippen molar-refractivity contribution in [2.75, 3.05) is 0 Å². The van der Waals surface area contributed by atoms with E-state index in [-0.39, 0.29) is 23.3 Å². The molecule has 8 heteroatoms. The number of hydrogen-bond acceptors (Lipinski definition) is 5. The number of aromatic hydroxyl groups is 1. The fourth-order valence-electron chi connectivity index (χ4n) is 2.30. The number of rotatable bonds is 3. The van der Waals surface area contributed by atoms with E-state index in [0.717, 1.165) is 11.6 Å². The zero-order chi connectivity index (χ0) is 16.6. The van der Waals surface area contributed by atoms with E-state index in [0.29, 0.717) is 5.56 Å². The first kappa shape index (κ1) is 14.3. The number of benzene rings is 1. The minimum atomic E-state index is -1.31. The summed E-state index contributed by atoms with van der Waals surface area (Å²) >= 11 is 0. The number of nitriles is 1. The molecule has 0 amide bonds. The lowest BCUT2D eigenvalue weighted by Gasteiger charge is -2.04. The molecule has 0 fully saturated rings. The average molecular weight is 310 g/mol. The molecule has 3 rings (SSSR count). The first-order valence-corrected chi connectivity index (χ1v) is 6.54. The highest BCUT2D eigenvalue weighted by atomic mass is 16.4. The highest BCUT2D eigenvalue weighted by Gasteiger charge is 2.20. The largest absolute Gasteiger partial charge is 0.507 e. The standard InChI is InChI=1S/C15H10N4O4/c16-6-8-1-3-9(4-2-8)7-19-14-12(13(18-19)15(22)23)10(20)5-11(21)17-14/h1-5H,7H2,(H,22,23)(H2,17,20,21). The summed E-state index contributed by atoms with van der Waals surface area (Å²) in [5.74, 6) is -1.75. The molecule has 8 nitrogen and oxygen atoms in total. The van der Waals surface area contributed by atoms with Crippen LogP contribution in [0.1, 0.15) is 21.6 Å². The zero-order valence-electron chi connectivity index (χ0n) is 11.6. The lowest BCUT2D eigenvalue weighted by molar-refractivity contribution is 0.0691. The second-order valence-electron chi connectivity index (χ2n) is 4.86. The van der Waals surface area contributed by atoms with Gasteiger partial charge >= 0.3 is 5.97 Å². The van der Waals surface area contributed by atoms with Gasteiger partial charge in [-0.2, -0.15) is 10.4 Å². The van der Waals surface area contributed by atoms with Crippen molar-refractivity contribution in [3.63, 3.8) is 0 Å². The molecule has 0 bridgehead atoms. The fourth-order valence-corrected chi connectivity index (χ4v) is 2.30. The predicted molar refractivity (Wildman–Crippen MR) is 79.2 cm³/mol. The Morgan fingerprint density at radius 1 is 1.35 bits per heavy atom. The van der Waals surface area contributed by atoms with Crippen LogP contribution < -0.4 is 5.56 Å². The normalized spacial score (nSPS) is 10.6. The molecule has 2 heterocycles. The van der Waals surface area contributed by atoms with E-state index in [1.165, 1.54) is 4.68 Å². The molecule has 0 saturated carbocycles. The topological polar surface area (TPSA) is 132 Å². The number of aromatic amines is 1. The van der Waals surface area contributed by atoms with Crippen LogP contribution in [0.5, 0.6) is 5.75 Å². The molecule has 3 N–H and O–H groups in total. The van der Waals surface area contributed by atoms with Gasteiger partial charge in [-0.25, -0.2) is 9.48 Å². The molecule has 0 unspecified atom stereocenters. The van der Waals surface area contributed by atoms with Crippen LogP contribution in [-0.4, -0.2) is 30.9 Å². The van der Waals surface area contributed by atoms with Crippen LogP contribution in [-0.2, 0) is 6.54 Å². The van der Waals surface area contributed by atoms with Crippen LogP contribution in [0, 0.1) is 11.3 Å². The molecule has 3 aromatic rings. The second-order valence-corrected chi connectivity index (χ2v) is 4.86. The summed E-state index contributed by atoms with van der Waals surface area (Å²) < 4.78 is 1.29. The lowest BCUT2D eigenvalue weighted by Crippen LogP contribution is -2.08. The molecule has 1 aromatic carbocycles. The number of carboxylic acids is 1. The predicted octanol–water partition coefficient (Wildman–Crippen LogP) is 1.05. The molecule has 0 spiro atoms. The number of aromatic nitrogens is 3. The Labute approximate surface area is 128 Å². The van der Waals surface area contributed by atoms with Crippen molar-refractivity contribution in [1.82, 2.24) is 14.8 Å². The fraction of sp³-hybridized carbons (Fsp3) is 0.0667. The van der Waals surface area contributed by atoms with Crippen molar-refractivity contribution in [3.8, 4) is 11.8 Å². The van der Waals surface area contributed by atoms with Crippen LogP contribution in [0.3, 0.4) is 0 Å². The molecular weight excluding hydrogens is 300 g/mol. The van der Waals surface area contributed by atoms with Gasteiger partial charge in [0.1, 0.15) is 11.4 Å². The Hall–Kier alpha value is -3.60. The Kier molecular flexibility index (Phi) is 3.31. The van der Waals surface area contributed by atoms with E-state index in [1.54, 1.807) is 24.3 Å². The minimum absolute atomic E-state index is 0.0225. The Bertz CT molecular complexity index is 1010. The van der Waals surface area contributed by atoms with Gasteiger partial charge in [-0.05, 0) is 17.7 Å². The molecular formula is C15H10N4O4. The van der Waals surface area contributed by atoms with Gasteiger partial charge in [0.05, 0.1) is 23.6 Å². The number of carbonyl (C=O) groups is 1. The third-order valence-electron chi connectivity index (χ3n) is 3.34. The third-order valence-corrected chi connectivity index (χ3v) is 3.34. The summed E-state index contributed by atoms with van der Waals surface area (Å²) in [4.78, 5) is 25.3. The van der Waals surface area contributed by atoms with E-state index in [4.69, 9.17) is 5.26 Å². The summed E-state index contributed by atoms with van der Waals surface area (Å²) in [6, 6.07) is 9.56. The van der Waals surface area contributed by atoms with Crippen molar-refractivity contribution in [2.45, 2.75) is 6.54 Å². The van der Waals surface area contributed by atoms with Crippen LogP contribution >= 0.6 is 0 Å². The molecule has 2 aromatic heterocycles. The van der Waals surface area contributed by atoms with Gasteiger partial charge in [0.15, 0.2) is 5.69 Å². The monoisotopic (exact) mass is 310 g/mol. The van der Waals surface area contributed by atoms with E-state index in [1.807, 2.05) is 6.07 Å². The number of hydrogen-bond donors (Lipinski definition) is 3. The molecule has 0 atom stereocenters. The van der Waals surface area contributed by atoms with Crippen molar-refractivity contribution in [2.24, 2.45) is 0 Å². The summed E-state index contributed by atoms with van der Waals surface area (Å²) in [5, 5.41) is 31.8. The maximum absolute atomic E-state index is 11.5. The molecule has 0 aliphatic rings. The Balaban J connectivity index is 2.15. The molecule has 0 radical (unpaired) electrons. The van der Waals surface area contributed by atoms with Crippen molar-refractivity contribution in [1.29, 1.82) is 5.26 Å².